The van der Waals surface area contributed by atoms with Gasteiger partial charge in [-0.25, -0.2) is 0 Å². The van der Waals surface area contributed by atoms with E-state index in [0.29, 0.717) is 0 Å². The van der Waals surface area contributed by atoms with E-state index in [1.54, 1.807) is 0 Å². The van der Waals surface area contributed by atoms with Gasteiger partial charge in [0.15, 0.2) is 0 Å². The van der Waals surface area contributed by atoms with Crippen molar-refractivity contribution in [2.24, 2.45) is 0 Å². The second kappa shape index (κ2) is 9.47. The first kappa shape index (κ1) is 24.0. The number of rotatable bonds is 3. The van der Waals surface area contributed by atoms with E-state index in [2.05, 4.69) is 146 Å². The standard InChI is InChI=1S/C41H26NO/c1-3-13-26(14-4-1)28-23-36(27-15-5-2-6-16-27)42-37(24-28)35-25-34-31-19-8-7-17-29(31)30-18-9-10-20-32(30)39(34)41-40(35)33-21-11-12-22-38(33)43-41/h1-25,36H/q-1. The van der Waals surface area contributed by atoms with Crippen LogP contribution in [0.2, 0.25) is 0 Å². The van der Waals surface area contributed by atoms with Gasteiger partial charge in [0, 0.05) is 16.2 Å². The number of furan rings is 1. The van der Waals surface area contributed by atoms with Crippen molar-refractivity contribution in [3.63, 3.8) is 0 Å². The summed E-state index contributed by atoms with van der Waals surface area (Å²) in [6.45, 7) is 0. The van der Waals surface area contributed by atoms with Crippen molar-refractivity contribution in [3.8, 4) is 0 Å². The highest BCUT2D eigenvalue weighted by molar-refractivity contribution is 6.33. The normalized spacial score (nSPS) is 15.2. The Bertz CT molecular complexity index is 2410. The van der Waals surface area contributed by atoms with Crippen LogP contribution in [-0.4, -0.2) is 0 Å². The average molecular weight is 549 g/mol. The van der Waals surface area contributed by atoms with E-state index >= 15 is 0 Å². The van der Waals surface area contributed by atoms with E-state index in [9.17, 15) is 0 Å². The monoisotopic (exact) mass is 548 g/mol. The first-order valence-corrected chi connectivity index (χ1v) is 14.8. The summed E-state index contributed by atoms with van der Waals surface area (Å²) in [5.74, 6) is 0. The first-order chi connectivity index (χ1) is 21.3. The smallest absolute Gasteiger partial charge is 0.144 e. The molecule has 1 aromatic heterocycles. The topological polar surface area (TPSA) is 27.2 Å². The highest BCUT2D eigenvalue weighted by atomic mass is 16.3. The molecule has 2 nitrogen and oxygen atoms in total. The molecule has 2 heteroatoms. The molecular formula is C41H26NO-. The van der Waals surface area contributed by atoms with Gasteiger partial charge in [-0.3, -0.25) is 0 Å². The Balaban J connectivity index is 1.42. The lowest BCUT2D eigenvalue weighted by atomic mass is 9.88. The summed E-state index contributed by atoms with van der Waals surface area (Å²) in [4.78, 5) is 0. The Labute approximate surface area is 249 Å². The van der Waals surface area contributed by atoms with Crippen LogP contribution in [-0.2, 0) is 0 Å². The van der Waals surface area contributed by atoms with Crippen LogP contribution in [0, 0.1) is 0 Å². The Morgan fingerprint density at radius 3 is 1.84 bits per heavy atom. The van der Waals surface area contributed by atoms with Crippen LogP contribution in [0.4, 0.5) is 0 Å². The maximum atomic E-state index is 6.79. The molecule has 0 fully saturated rings. The molecule has 1 atom stereocenters. The Kier molecular flexibility index (Phi) is 5.30. The van der Waals surface area contributed by atoms with Crippen LogP contribution in [0.25, 0.3) is 70.8 Å². The molecule has 0 amide bonds. The Morgan fingerprint density at radius 1 is 0.512 bits per heavy atom. The van der Waals surface area contributed by atoms with Gasteiger partial charge >= 0.3 is 0 Å². The van der Waals surface area contributed by atoms with Gasteiger partial charge in [-0.05, 0) is 55.8 Å². The molecule has 9 rings (SSSR count). The molecule has 8 aromatic rings. The predicted octanol–water partition coefficient (Wildman–Crippen LogP) is 11.6. The lowest BCUT2D eigenvalue weighted by molar-refractivity contribution is 0.673. The molecule has 1 aliphatic heterocycles. The second-order valence-corrected chi connectivity index (χ2v) is 11.2. The predicted molar refractivity (Wildman–Crippen MR) is 181 cm³/mol. The minimum atomic E-state index is -0.103. The van der Waals surface area contributed by atoms with Crippen molar-refractivity contribution in [2.75, 3.05) is 0 Å². The summed E-state index contributed by atoms with van der Waals surface area (Å²) in [6, 6.07) is 49.2. The number of hydrogen-bond donors (Lipinski definition) is 0. The third-order valence-corrected chi connectivity index (χ3v) is 8.79. The fourth-order valence-corrected chi connectivity index (χ4v) is 6.84. The summed E-state index contributed by atoms with van der Waals surface area (Å²) in [5.41, 5.74) is 7.38. The van der Waals surface area contributed by atoms with Crippen LogP contribution in [0.15, 0.2) is 156 Å². The van der Waals surface area contributed by atoms with Crippen LogP contribution in [0.5, 0.6) is 0 Å². The van der Waals surface area contributed by atoms with E-state index in [1.165, 1.54) is 43.6 Å². The number of hydrogen-bond acceptors (Lipinski definition) is 1. The molecule has 43 heavy (non-hydrogen) atoms. The van der Waals surface area contributed by atoms with Crippen molar-refractivity contribution < 1.29 is 4.42 Å². The van der Waals surface area contributed by atoms with Gasteiger partial charge < -0.3 is 9.73 Å². The van der Waals surface area contributed by atoms with Gasteiger partial charge in [0.2, 0.25) is 0 Å². The van der Waals surface area contributed by atoms with Crippen LogP contribution in [0.3, 0.4) is 0 Å². The third kappa shape index (κ3) is 3.73. The quantitative estimate of drug-likeness (QED) is 0.202. The number of benzene rings is 7. The molecular weight excluding hydrogens is 522 g/mol. The minimum absolute atomic E-state index is 0.103. The highest BCUT2D eigenvalue weighted by Crippen LogP contribution is 2.48. The van der Waals surface area contributed by atoms with Crippen molar-refractivity contribution in [2.45, 2.75) is 6.04 Å². The number of fused-ring (bicyclic) bond motifs is 10. The van der Waals surface area contributed by atoms with Gasteiger partial charge in [-0.1, -0.05) is 151 Å². The molecule has 7 aromatic carbocycles. The SMILES string of the molecule is C1=C(c2ccccc2)C=C(c2cc3c4ccccc4c4ccccc4c3c3oc4ccccc4c23)[N-]C1c1ccccc1. The summed E-state index contributed by atoms with van der Waals surface area (Å²) < 4.78 is 6.79. The van der Waals surface area contributed by atoms with Gasteiger partial charge in [-0.15, -0.1) is 5.70 Å². The zero-order valence-corrected chi connectivity index (χ0v) is 23.4. The maximum absolute atomic E-state index is 6.79. The molecule has 0 spiro atoms. The zero-order chi connectivity index (χ0) is 28.3. The lowest BCUT2D eigenvalue weighted by Gasteiger charge is -2.38. The summed E-state index contributed by atoms with van der Waals surface area (Å²) in [7, 11) is 0. The highest BCUT2D eigenvalue weighted by Gasteiger charge is 2.20. The first-order valence-electron chi connectivity index (χ1n) is 14.8. The van der Waals surface area contributed by atoms with E-state index in [-0.39, 0.29) is 6.04 Å². The number of nitrogens with zero attached hydrogens (tertiary/aromatic N) is 1. The largest absolute Gasteiger partial charge is 0.674 e. The molecule has 0 N–H and O–H groups in total. The van der Waals surface area contributed by atoms with Crippen LogP contribution >= 0.6 is 0 Å². The van der Waals surface area contributed by atoms with Crippen molar-refractivity contribution in [1.82, 2.24) is 0 Å². The Hall–Kier alpha value is -5.60. The maximum Gasteiger partial charge on any atom is 0.144 e. The van der Waals surface area contributed by atoms with Gasteiger partial charge in [0.1, 0.15) is 11.2 Å². The second-order valence-electron chi connectivity index (χ2n) is 11.2. The molecule has 1 aliphatic rings. The van der Waals surface area contributed by atoms with Gasteiger partial charge in [0.05, 0.1) is 0 Å². The molecule has 0 radical (unpaired) electrons. The Morgan fingerprint density at radius 2 is 1.09 bits per heavy atom. The molecule has 0 aliphatic carbocycles. The van der Waals surface area contributed by atoms with Crippen molar-refractivity contribution in [3.05, 3.63) is 174 Å². The average Bonchev–Trinajstić information content (AvgIpc) is 3.48. The molecule has 0 saturated heterocycles. The van der Waals surface area contributed by atoms with Gasteiger partial charge in [0.25, 0.3) is 0 Å². The van der Waals surface area contributed by atoms with Crippen LogP contribution in [0.1, 0.15) is 22.7 Å². The lowest BCUT2D eigenvalue weighted by Crippen LogP contribution is -2.02. The number of allylic oxidation sites excluding steroid dienone is 2. The molecule has 0 saturated carbocycles. The van der Waals surface area contributed by atoms with E-state index in [4.69, 9.17) is 9.73 Å². The molecule has 202 valence electrons. The van der Waals surface area contributed by atoms with Crippen molar-refractivity contribution in [1.29, 1.82) is 0 Å². The summed E-state index contributed by atoms with van der Waals surface area (Å²) >= 11 is 0. The minimum Gasteiger partial charge on any atom is -0.674 e. The third-order valence-electron chi connectivity index (χ3n) is 8.79. The fraction of sp³-hybridized carbons (Fsp3) is 0.0244. The summed E-state index contributed by atoms with van der Waals surface area (Å²) in [6.07, 6.45) is 4.53. The van der Waals surface area contributed by atoms with E-state index in [0.717, 1.165) is 38.6 Å². The molecule has 0 bridgehead atoms. The number of para-hydroxylation sites is 1. The van der Waals surface area contributed by atoms with Crippen LogP contribution < -0.4 is 0 Å². The zero-order valence-electron chi connectivity index (χ0n) is 23.4. The molecule has 2 heterocycles. The fourth-order valence-electron chi connectivity index (χ4n) is 6.84. The summed E-state index contributed by atoms with van der Waals surface area (Å²) in [5, 5.41) is 14.9. The van der Waals surface area contributed by atoms with Gasteiger partial charge in [-0.2, -0.15) is 0 Å². The molecule has 1 unspecified atom stereocenters. The van der Waals surface area contributed by atoms with E-state index < -0.39 is 0 Å². The van der Waals surface area contributed by atoms with Crippen molar-refractivity contribution >= 4 is 65.5 Å². The van der Waals surface area contributed by atoms with E-state index in [1.807, 2.05) is 6.07 Å².